The molecule has 1 aromatic heterocycles. The SMILES string of the molecule is CC(C)(C)c1ccccc1NC(=O)c1cc(NCc2ccccc2)ccn1. The average molecular weight is 359 g/mol. The van der Waals surface area contributed by atoms with Crippen molar-refractivity contribution in [1.29, 1.82) is 0 Å². The van der Waals surface area contributed by atoms with E-state index in [1.165, 1.54) is 5.56 Å². The van der Waals surface area contributed by atoms with Crippen LogP contribution in [0.5, 0.6) is 0 Å². The van der Waals surface area contributed by atoms with Gasteiger partial charge in [-0.1, -0.05) is 69.3 Å². The van der Waals surface area contributed by atoms with Gasteiger partial charge in [-0.2, -0.15) is 0 Å². The van der Waals surface area contributed by atoms with Crippen molar-refractivity contribution in [1.82, 2.24) is 4.98 Å². The molecule has 0 saturated heterocycles. The fourth-order valence-electron chi connectivity index (χ4n) is 2.90. The second-order valence-electron chi connectivity index (χ2n) is 7.52. The molecule has 0 spiro atoms. The maximum Gasteiger partial charge on any atom is 0.274 e. The number of carbonyl (C=O) groups is 1. The third kappa shape index (κ3) is 4.94. The maximum absolute atomic E-state index is 12.7. The van der Waals surface area contributed by atoms with Gasteiger partial charge in [0.2, 0.25) is 0 Å². The lowest BCUT2D eigenvalue weighted by atomic mass is 9.86. The molecule has 0 aliphatic rings. The molecule has 4 nitrogen and oxygen atoms in total. The van der Waals surface area contributed by atoms with E-state index in [1.54, 1.807) is 12.3 Å². The molecule has 4 heteroatoms. The standard InChI is InChI=1S/C23H25N3O/c1-23(2,3)19-11-7-8-12-20(19)26-22(27)21-15-18(13-14-24-21)25-16-17-9-5-4-6-10-17/h4-15H,16H2,1-3H3,(H,24,25)(H,26,27). The van der Waals surface area contributed by atoms with Gasteiger partial charge in [0.1, 0.15) is 5.69 Å². The predicted octanol–water partition coefficient (Wildman–Crippen LogP) is 5.24. The topological polar surface area (TPSA) is 54.0 Å². The van der Waals surface area contributed by atoms with E-state index in [2.05, 4.69) is 48.5 Å². The highest BCUT2D eigenvalue weighted by atomic mass is 16.1. The third-order valence-corrected chi connectivity index (χ3v) is 4.32. The van der Waals surface area contributed by atoms with Crippen LogP contribution >= 0.6 is 0 Å². The summed E-state index contributed by atoms with van der Waals surface area (Å²) in [6.07, 6.45) is 1.65. The largest absolute Gasteiger partial charge is 0.381 e. The molecule has 0 bridgehead atoms. The van der Waals surface area contributed by atoms with Crippen LogP contribution in [0.2, 0.25) is 0 Å². The predicted molar refractivity (Wildman–Crippen MR) is 111 cm³/mol. The number of hydrogen-bond acceptors (Lipinski definition) is 3. The molecule has 0 aliphatic heterocycles. The monoisotopic (exact) mass is 359 g/mol. The number of rotatable bonds is 5. The lowest BCUT2D eigenvalue weighted by Crippen LogP contribution is -2.19. The Labute approximate surface area is 160 Å². The average Bonchev–Trinajstić information content (AvgIpc) is 2.67. The Hall–Kier alpha value is -3.14. The Morgan fingerprint density at radius 1 is 0.963 bits per heavy atom. The quantitative estimate of drug-likeness (QED) is 0.655. The lowest BCUT2D eigenvalue weighted by Gasteiger charge is -2.23. The summed E-state index contributed by atoms with van der Waals surface area (Å²) < 4.78 is 0. The van der Waals surface area contributed by atoms with Gasteiger partial charge in [-0.05, 0) is 34.7 Å². The van der Waals surface area contributed by atoms with Crippen molar-refractivity contribution in [3.63, 3.8) is 0 Å². The van der Waals surface area contributed by atoms with Gasteiger partial charge >= 0.3 is 0 Å². The summed E-state index contributed by atoms with van der Waals surface area (Å²) in [4.78, 5) is 16.9. The first-order chi connectivity index (χ1) is 12.9. The molecular formula is C23H25N3O. The molecule has 2 N–H and O–H groups in total. The summed E-state index contributed by atoms with van der Waals surface area (Å²) in [7, 11) is 0. The fraction of sp³-hybridized carbons (Fsp3) is 0.217. The van der Waals surface area contributed by atoms with Crippen LogP contribution in [0.15, 0.2) is 72.9 Å². The van der Waals surface area contributed by atoms with Crippen molar-refractivity contribution in [3.05, 3.63) is 89.7 Å². The van der Waals surface area contributed by atoms with E-state index in [0.29, 0.717) is 12.2 Å². The normalized spacial score (nSPS) is 11.1. The highest BCUT2D eigenvalue weighted by Crippen LogP contribution is 2.29. The molecule has 0 atom stereocenters. The van der Waals surface area contributed by atoms with E-state index < -0.39 is 0 Å². The van der Waals surface area contributed by atoms with Crippen LogP contribution in [0, 0.1) is 0 Å². The molecule has 3 rings (SSSR count). The highest BCUT2D eigenvalue weighted by Gasteiger charge is 2.19. The molecule has 3 aromatic rings. The van der Waals surface area contributed by atoms with Gasteiger partial charge in [-0.3, -0.25) is 9.78 Å². The van der Waals surface area contributed by atoms with Crippen LogP contribution in [0.25, 0.3) is 0 Å². The van der Waals surface area contributed by atoms with Crippen LogP contribution in [0.4, 0.5) is 11.4 Å². The zero-order valence-corrected chi connectivity index (χ0v) is 16.0. The number of pyridine rings is 1. The summed E-state index contributed by atoms with van der Waals surface area (Å²) in [5.41, 5.74) is 4.28. The second-order valence-corrected chi connectivity index (χ2v) is 7.52. The van der Waals surface area contributed by atoms with Crippen molar-refractivity contribution in [2.24, 2.45) is 0 Å². The molecule has 1 heterocycles. The summed E-state index contributed by atoms with van der Waals surface area (Å²) in [5, 5.41) is 6.34. The van der Waals surface area contributed by atoms with Crippen LogP contribution in [0.1, 0.15) is 42.4 Å². The molecule has 0 unspecified atom stereocenters. The number of benzene rings is 2. The Morgan fingerprint density at radius 3 is 2.41 bits per heavy atom. The minimum absolute atomic E-state index is 0.0591. The van der Waals surface area contributed by atoms with Crippen molar-refractivity contribution in [3.8, 4) is 0 Å². The van der Waals surface area contributed by atoms with Gasteiger partial charge in [0.25, 0.3) is 5.91 Å². The first-order valence-electron chi connectivity index (χ1n) is 9.08. The fourth-order valence-corrected chi connectivity index (χ4v) is 2.90. The molecule has 2 aromatic carbocycles. The van der Waals surface area contributed by atoms with Crippen molar-refractivity contribution in [2.45, 2.75) is 32.7 Å². The molecule has 138 valence electrons. The highest BCUT2D eigenvalue weighted by molar-refractivity contribution is 6.03. The first-order valence-corrected chi connectivity index (χ1v) is 9.08. The summed E-state index contributed by atoms with van der Waals surface area (Å²) in [6.45, 7) is 7.08. The van der Waals surface area contributed by atoms with Gasteiger partial charge in [0.05, 0.1) is 0 Å². The zero-order chi connectivity index (χ0) is 19.3. The number of hydrogen-bond donors (Lipinski definition) is 2. The third-order valence-electron chi connectivity index (χ3n) is 4.32. The molecule has 1 amide bonds. The molecule has 0 fully saturated rings. The van der Waals surface area contributed by atoms with E-state index >= 15 is 0 Å². The van der Waals surface area contributed by atoms with Gasteiger partial charge in [-0.25, -0.2) is 0 Å². The number of aromatic nitrogens is 1. The summed E-state index contributed by atoms with van der Waals surface area (Å²) >= 11 is 0. The van der Waals surface area contributed by atoms with Crippen LogP contribution < -0.4 is 10.6 Å². The number of nitrogens with one attached hydrogen (secondary N) is 2. The van der Waals surface area contributed by atoms with Crippen LogP contribution in [-0.2, 0) is 12.0 Å². The van der Waals surface area contributed by atoms with E-state index in [0.717, 1.165) is 16.9 Å². The summed E-state index contributed by atoms with van der Waals surface area (Å²) in [5.74, 6) is -0.213. The Balaban J connectivity index is 1.73. The van der Waals surface area contributed by atoms with Gasteiger partial charge in [-0.15, -0.1) is 0 Å². The van der Waals surface area contributed by atoms with Crippen molar-refractivity contribution in [2.75, 3.05) is 10.6 Å². The Bertz CT molecular complexity index is 914. The summed E-state index contributed by atoms with van der Waals surface area (Å²) in [6, 6.07) is 21.7. The first kappa shape index (κ1) is 18.6. The van der Waals surface area contributed by atoms with E-state index in [9.17, 15) is 4.79 Å². The second kappa shape index (κ2) is 8.04. The van der Waals surface area contributed by atoms with Crippen molar-refractivity contribution >= 4 is 17.3 Å². The molecule has 0 saturated carbocycles. The number of para-hydroxylation sites is 1. The zero-order valence-electron chi connectivity index (χ0n) is 16.0. The minimum Gasteiger partial charge on any atom is -0.381 e. The Kier molecular flexibility index (Phi) is 5.55. The number of anilines is 2. The number of nitrogens with zero attached hydrogens (tertiary/aromatic N) is 1. The maximum atomic E-state index is 12.7. The lowest BCUT2D eigenvalue weighted by molar-refractivity contribution is 0.102. The number of carbonyl (C=O) groups excluding carboxylic acids is 1. The van der Waals surface area contributed by atoms with Crippen LogP contribution in [-0.4, -0.2) is 10.9 Å². The Morgan fingerprint density at radius 2 is 1.67 bits per heavy atom. The number of amides is 1. The minimum atomic E-state index is -0.213. The van der Waals surface area contributed by atoms with Crippen molar-refractivity contribution < 1.29 is 4.79 Å². The molecule has 0 aliphatic carbocycles. The molecular weight excluding hydrogens is 334 g/mol. The van der Waals surface area contributed by atoms with Gasteiger partial charge < -0.3 is 10.6 Å². The van der Waals surface area contributed by atoms with E-state index in [1.807, 2.05) is 48.5 Å². The molecule has 27 heavy (non-hydrogen) atoms. The van der Waals surface area contributed by atoms with Gasteiger partial charge in [0.15, 0.2) is 0 Å². The van der Waals surface area contributed by atoms with E-state index in [-0.39, 0.29) is 11.3 Å². The van der Waals surface area contributed by atoms with Crippen LogP contribution in [0.3, 0.4) is 0 Å². The smallest absolute Gasteiger partial charge is 0.274 e. The molecule has 0 radical (unpaired) electrons. The van der Waals surface area contributed by atoms with Gasteiger partial charge in [0, 0.05) is 24.1 Å². The van der Waals surface area contributed by atoms with E-state index in [4.69, 9.17) is 0 Å².